The average Bonchev–Trinajstić information content (AvgIpc) is 3.81. The molecule has 6 heteroatoms. The Labute approximate surface area is 286 Å². The molecule has 0 bridgehead atoms. The number of thiazole rings is 1. The van der Waals surface area contributed by atoms with E-state index in [1.54, 1.807) is 11.3 Å². The van der Waals surface area contributed by atoms with Crippen molar-refractivity contribution in [2.45, 2.75) is 19.3 Å². The number of benzene rings is 6. The van der Waals surface area contributed by atoms with Crippen LogP contribution < -0.4 is 0 Å². The molecule has 49 heavy (non-hydrogen) atoms. The summed E-state index contributed by atoms with van der Waals surface area (Å²) < 4.78 is 7.61. The Morgan fingerprint density at radius 2 is 1.18 bits per heavy atom. The predicted octanol–water partition coefficient (Wildman–Crippen LogP) is 11.4. The Hall–Kier alpha value is -5.98. The molecule has 0 N–H and O–H groups in total. The fourth-order valence-corrected chi connectivity index (χ4v) is 8.26. The lowest BCUT2D eigenvalue weighted by Gasteiger charge is -2.22. The molecule has 232 valence electrons. The van der Waals surface area contributed by atoms with Crippen LogP contribution in [-0.2, 0) is 5.41 Å². The molecule has 6 aromatic carbocycles. The van der Waals surface area contributed by atoms with Crippen LogP contribution in [0.5, 0.6) is 0 Å². The van der Waals surface area contributed by atoms with E-state index >= 15 is 0 Å². The minimum Gasteiger partial charge on any atom is -0.455 e. The zero-order chi connectivity index (χ0) is 32.7. The molecule has 1 aliphatic rings. The summed E-state index contributed by atoms with van der Waals surface area (Å²) in [6, 6.07) is 46.0. The van der Waals surface area contributed by atoms with Crippen LogP contribution >= 0.6 is 11.3 Å². The number of para-hydroxylation sites is 2. The van der Waals surface area contributed by atoms with Crippen LogP contribution in [0.1, 0.15) is 25.0 Å². The van der Waals surface area contributed by atoms with Crippen LogP contribution in [0.4, 0.5) is 0 Å². The highest BCUT2D eigenvalue weighted by Crippen LogP contribution is 2.51. The highest BCUT2D eigenvalue weighted by atomic mass is 32.1. The summed E-state index contributed by atoms with van der Waals surface area (Å²) in [7, 11) is 0. The van der Waals surface area contributed by atoms with Crippen molar-refractivity contribution in [2.24, 2.45) is 0 Å². The zero-order valence-corrected chi connectivity index (χ0v) is 27.6. The van der Waals surface area contributed by atoms with E-state index in [9.17, 15) is 0 Å². The van der Waals surface area contributed by atoms with Gasteiger partial charge in [-0.25, -0.2) is 19.9 Å². The second-order valence-corrected chi connectivity index (χ2v) is 14.1. The van der Waals surface area contributed by atoms with Crippen LogP contribution in [-0.4, -0.2) is 19.9 Å². The second kappa shape index (κ2) is 10.5. The van der Waals surface area contributed by atoms with Crippen molar-refractivity contribution in [3.8, 4) is 55.9 Å². The SMILES string of the molecule is CC1(C)c2cc(-c3nc(-c4ccccc4)nc(-c4cccc5c4oc4ccccc45)n3)ccc2-c2cc3nc(-c4ccccc4)sc3cc21. The number of hydrogen-bond acceptors (Lipinski definition) is 6. The third-order valence-electron chi connectivity index (χ3n) is 9.78. The third-order valence-corrected chi connectivity index (χ3v) is 10.8. The van der Waals surface area contributed by atoms with E-state index < -0.39 is 0 Å². The van der Waals surface area contributed by atoms with E-state index in [1.165, 1.54) is 27.0 Å². The summed E-state index contributed by atoms with van der Waals surface area (Å²) >= 11 is 1.75. The molecule has 0 aliphatic heterocycles. The van der Waals surface area contributed by atoms with E-state index in [1.807, 2.05) is 66.7 Å². The molecular formula is C43H28N4OS. The topological polar surface area (TPSA) is 64.7 Å². The van der Waals surface area contributed by atoms with Gasteiger partial charge in [-0.15, -0.1) is 11.3 Å². The van der Waals surface area contributed by atoms with Gasteiger partial charge in [-0.2, -0.15) is 0 Å². The summed E-state index contributed by atoms with van der Waals surface area (Å²) in [6.45, 7) is 4.62. The second-order valence-electron chi connectivity index (χ2n) is 13.1. The van der Waals surface area contributed by atoms with E-state index in [0.29, 0.717) is 17.5 Å². The lowest BCUT2D eigenvalue weighted by Crippen LogP contribution is -2.15. The van der Waals surface area contributed by atoms with Crippen LogP contribution in [0.2, 0.25) is 0 Å². The van der Waals surface area contributed by atoms with Crippen molar-refractivity contribution in [1.29, 1.82) is 0 Å². The van der Waals surface area contributed by atoms with E-state index in [2.05, 4.69) is 80.6 Å². The summed E-state index contributed by atoms with van der Waals surface area (Å²) in [6.07, 6.45) is 0. The third kappa shape index (κ3) is 4.38. The number of nitrogens with zero attached hydrogens (tertiary/aromatic N) is 4. The first kappa shape index (κ1) is 28.1. The number of aromatic nitrogens is 4. The standard InChI is InChI=1S/C43H28N4OS/c1-43(2)33-22-27(20-21-28(33)32-23-35-37(24-34(32)43)49-42(44-35)26-14-7-4-8-15-26)40-45-39(25-12-5-3-6-13-25)46-41(47-40)31-18-11-17-30-29-16-9-10-19-36(29)48-38(30)31/h3-24H,1-2H3. The highest BCUT2D eigenvalue weighted by molar-refractivity contribution is 7.21. The van der Waals surface area contributed by atoms with Crippen molar-refractivity contribution in [3.63, 3.8) is 0 Å². The van der Waals surface area contributed by atoms with Gasteiger partial charge >= 0.3 is 0 Å². The Balaban J connectivity index is 1.13. The molecule has 0 saturated carbocycles. The molecule has 0 amide bonds. The fourth-order valence-electron chi connectivity index (χ4n) is 7.26. The molecule has 0 spiro atoms. The van der Waals surface area contributed by atoms with Gasteiger partial charge in [-0.05, 0) is 52.6 Å². The Morgan fingerprint density at radius 3 is 2.00 bits per heavy atom. The van der Waals surface area contributed by atoms with Gasteiger partial charge in [0.05, 0.1) is 15.8 Å². The number of furan rings is 1. The van der Waals surface area contributed by atoms with Crippen molar-refractivity contribution in [3.05, 3.63) is 145 Å². The lowest BCUT2D eigenvalue weighted by atomic mass is 9.82. The fraction of sp³-hybridized carbons (Fsp3) is 0.0698. The summed E-state index contributed by atoms with van der Waals surface area (Å²) in [5.41, 5.74) is 11.3. The summed E-state index contributed by atoms with van der Waals surface area (Å²) in [5, 5.41) is 3.16. The van der Waals surface area contributed by atoms with Gasteiger partial charge in [0.25, 0.3) is 0 Å². The maximum absolute atomic E-state index is 6.41. The normalized spacial score (nSPS) is 13.3. The van der Waals surface area contributed by atoms with E-state index in [4.69, 9.17) is 24.4 Å². The zero-order valence-electron chi connectivity index (χ0n) is 26.8. The minimum atomic E-state index is -0.218. The van der Waals surface area contributed by atoms with Gasteiger partial charge in [-0.3, -0.25) is 0 Å². The molecule has 3 heterocycles. The first-order chi connectivity index (χ1) is 24.0. The summed E-state index contributed by atoms with van der Waals surface area (Å²) in [5.74, 6) is 1.83. The van der Waals surface area contributed by atoms with E-state index in [0.717, 1.165) is 54.7 Å². The monoisotopic (exact) mass is 648 g/mol. The van der Waals surface area contributed by atoms with Crippen LogP contribution in [0, 0.1) is 0 Å². The maximum atomic E-state index is 6.41. The molecule has 0 unspecified atom stereocenters. The number of rotatable bonds is 4. The van der Waals surface area contributed by atoms with Gasteiger partial charge < -0.3 is 4.42 Å². The van der Waals surface area contributed by atoms with Gasteiger partial charge in [0.1, 0.15) is 16.2 Å². The summed E-state index contributed by atoms with van der Waals surface area (Å²) in [4.78, 5) is 20.2. The van der Waals surface area contributed by atoms with Crippen molar-refractivity contribution in [2.75, 3.05) is 0 Å². The predicted molar refractivity (Wildman–Crippen MR) is 200 cm³/mol. The smallest absolute Gasteiger partial charge is 0.167 e. The van der Waals surface area contributed by atoms with E-state index in [-0.39, 0.29) is 5.41 Å². The quantitative estimate of drug-likeness (QED) is 0.190. The van der Waals surface area contributed by atoms with Crippen molar-refractivity contribution in [1.82, 2.24) is 19.9 Å². The Morgan fingerprint density at radius 1 is 0.510 bits per heavy atom. The number of hydrogen-bond donors (Lipinski definition) is 0. The van der Waals surface area contributed by atoms with Crippen molar-refractivity contribution < 1.29 is 4.42 Å². The Kier molecular flexibility index (Phi) is 6.02. The molecule has 10 rings (SSSR count). The lowest BCUT2D eigenvalue weighted by molar-refractivity contribution is 0.661. The van der Waals surface area contributed by atoms with Gasteiger partial charge in [0, 0.05) is 32.9 Å². The first-order valence-electron chi connectivity index (χ1n) is 16.4. The average molecular weight is 649 g/mol. The van der Waals surface area contributed by atoms with Gasteiger partial charge in [-0.1, -0.05) is 117 Å². The highest BCUT2D eigenvalue weighted by Gasteiger charge is 2.36. The molecule has 5 nitrogen and oxygen atoms in total. The van der Waals surface area contributed by atoms with Crippen molar-refractivity contribution >= 4 is 43.5 Å². The largest absolute Gasteiger partial charge is 0.455 e. The molecule has 3 aromatic heterocycles. The molecule has 9 aromatic rings. The molecule has 1 aliphatic carbocycles. The maximum Gasteiger partial charge on any atom is 0.167 e. The molecule has 0 radical (unpaired) electrons. The molecular weight excluding hydrogens is 621 g/mol. The van der Waals surface area contributed by atoms with Crippen LogP contribution in [0.3, 0.4) is 0 Å². The molecule has 0 saturated heterocycles. The van der Waals surface area contributed by atoms with Gasteiger partial charge in [0.2, 0.25) is 0 Å². The molecule has 0 atom stereocenters. The number of fused-ring (bicyclic) bond motifs is 7. The van der Waals surface area contributed by atoms with Gasteiger partial charge in [0.15, 0.2) is 17.5 Å². The molecule has 0 fully saturated rings. The minimum absolute atomic E-state index is 0.218. The van der Waals surface area contributed by atoms with Crippen LogP contribution in [0.25, 0.3) is 88.0 Å². The Bertz CT molecular complexity index is 2750. The van der Waals surface area contributed by atoms with Crippen LogP contribution in [0.15, 0.2) is 138 Å². The first-order valence-corrected chi connectivity index (χ1v) is 17.2.